The molecule has 2 N–H and O–H groups in total. The van der Waals surface area contributed by atoms with Crippen molar-refractivity contribution in [1.82, 2.24) is 10.6 Å². The molecule has 0 bridgehead atoms. The summed E-state index contributed by atoms with van der Waals surface area (Å²) in [5.74, 6) is -1.13. The van der Waals surface area contributed by atoms with Crippen LogP contribution in [0.5, 0.6) is 5.75 Å². The van der Waals surface area contributed by atoms with Crippen molar-refractivity contribution in [2.24, 2.45) is 0 Å². The summed E-state index contributed by atoms with van der Waals surface area (Å²) in [6.45, 7) is -0.338. The number of nitrogens with one attached hydrogen (secondary N) is 2. The summed E-state index contributed by atoms with van der Waals surface area (Å²) in [6.07, 6.45) is 0.411. The average Bonchev–Trinajstić information content (AvgIpc) is 2.48. The number of amides is 3. The van der Waals surface area contributed by atoms with E-state index in [2.05, 4.69) is 10.6 Å². The quantitative estimate of drug-likeness (QED) is 0.444. The summed E-state index contributed by atoms with van der Waals surface area (Å²) < 4.78 is 5.17. The number of ether oxygens (including phenoxy) is 1. The normalized spacial score (nSPS) is 17.5. The molecule has 9 nitrogen and oxygen atoms in total. The highest BCUT2D eigenvalue weighted by Crippen LogP contribution is 2.17. The fourth-order valence-electron chi connectivity index (χ4n) is 1.88. The molecule has 0 saturated carbocycles. The van der Waals surface area contributed by atoms with Crippen LogP contribution >= 0.6 is 0 Å². The average molecular weight is 307 g/mol. The first-order chi connectivity index (χ1) is 10.5. The van der Waals surface area contributed by atoms with E-state index >= 15 is 0 Å². The molecule has 0 aromatic heterocycles. The number of hydrogen-bond donors (Lipinski definition) is 2. The van der Waals surface area contributed by atoms with Gasteiger partial charge in [-0.2, -0.15) is 0 Å². The van der Waals surface area contributed by atoms with Gasteiger partial charge in [0, 0.05) is 18.6 Å². The van der Waals surface area contributed by atoms with Crippen molar-refractivity contribution in [2.75, 3.05) is 6.61 Å². The van der Waals surface area contributed by atoms with E-state index < -0.39 is 22.8 Å². The van der Waals surface area contributed by atoms with Crippen LogP contribution in [0.15, 0.2) is 24.3 Å². The van der Waals surface area contributed by atoms with E-state index in [0.29, 0.717) is 5.75 Å². The van der Waals surface area contributed by atoms with Gasteiger partial charge in [0.15, 0.2) is 6.61 Å². The second-order valence-electron chi connectivity index (χ2n) is 4.61. The molecule has 0 spiro atoms. The smallest absolute Gasteiger partial charge is 0.269 e. The predicted octanol–water partition coefficient (Wildman–Crippen LogP) is -0.105. The topological polar surface area (TPSA) is 128 Å². The molecule has 22 heavy (non-hydrogen) atoms. The summed E-state index contributed by atoms with van der Waals surface area (Å²) in [5.41, 5.74) is -0.0830. The van der Waals surface area contributed by atoms with Crippen molar-refractivity contribution in [3.8, 4) is 5.75 Å². The van der Waals surface area contributed by atoms with Crippen LogP contribution in [0, 0.1) is 10.1 Å². The molecule has 1 aromatic rings. The van der Waals surface area contributed by atoms with Gasteiger partial charge in [0.1, 0.15) is 11.8 Å². The molecule has 1 aliphatic rings. The van der Waals surface area contributed by atoms with Crippen molar-refractivity contribution in [1.29, 1.82) is 0 Å². The monoisotopic (exact) mass is 307 g/mol. The Bertz CT molecular complexity index is 613. The minimum atomic E-state index is -0.759. The Morgan fingerprint density at radius 1 is 1.36 bits per heavy atom. The van der Waals surface area contributed by atoms with Crippen molar-refractivity contribution >= 4 is 23.4 Å². The summed E-state index contributed by atoms with van der Waals surface area (Å²) in [5, 5.41) is 15.1. The maximum atomic E-state index is 11.7. The Kier molecular flexibility index (Phi) is 4.66. The second-order valence-corrected chi connectivity index (χ2v) is 4.61. The van der Waals surface area contributed by atoms with Crippen LogP contribution in [0.1, 0.15) is 12.8 Å². The van der Waals surface area contributed by atoms with Crippen LogP contribution < -0.4 is 15.4 Å². The van der Waals surface area contributed by atoms with Gasteiger partial charge in [0.2, 0.25) is 11.8 Å². The zero-order chi connectivity index (χ0) is 16.1. The number of carbonyl (C=O) groups is 3. The van der Waals surface area contributed by atoms with Crippen LogP contribution in [-0.2, 0) is 14.4 Å². The third-order valence-corrected chi connectivity index (χ3v) is 2.99. The molecule has 1 saturated heterocycles. The highest BCUT2D eigenvalue weighted by Gasteiger charge is 2.27. The fourth-order valence-corrected chi connectivity index (χ4v) is 1.88. The number of carbonyl (C=O) groups excluding carboxylic acids is 3. The van der Waals surface area contributed by atoms with E-state index in [4.69, 9.17) is 4.74 Å². The van der Waals surface area contributed by atoms with Crippen LogP contribution in [0.2, 0.25) is 0 Å². The molecule has 0 radical (unpaired) electrons. The lowest BCUT2D eigenvalue weighted by Gasteiger charge is -2.21. The second kappa shape index (κ2) is 6.66. The number of piperidine rings is 1. The maximum absolute atomic E-state index is 11.7. The number of nitro benzene ring substituents is 1. The van der Waals surface area contributed by atoms with E-state index in [-0.39, 0.29) is 31.0 Å². The maximum Gasteiger partial charge on any atom is 0.269 e. The van der Waals surface area contributed by atoms with Gasteiger partial charge >= 0.3 is 0 Å². The summed E-state index contributed by atoms with van der Waals surface area (Å²) >= 11 is 0. The number of nitro groups is 1. The molecule has 9 heteroatoms. The molecule has 1 heterocycles. The Morgan fingerprint density at radius 3 is 2.64 bits per heavy atom. The number of non-ortho nitro benzene ring substituents is 1. The lowest BCUT2D eigenvalue weighted by Crippen LogP contribution is -2.53. The zero-order valence-electron chi connectivity index (χ0n) is 11.4. The Balaban J connectivity index is 1.81. The third kappa shape index (κ3) is 4.01. The van der Waals surface area contributed by atoms with E-state index in [1.807, 2.05) is 0 Å². The minimum Gasteiger partial charge on any atom is -0.484 e. The van der Waals surface area contributed by atoms with Crippen LogP contribution in [0.4, 0.5) is 5.69 Å². The minimum absolute atomic E-state index is 0.0830. The molecule has 1 aliphatic heterocycles. The van der Waals surface area contributed by atoms with Crippen LogP contribution in [0.25, 0.3) is 0 Å². The third-order valence-electron chi connectivity index (χ3n) is 2.99. The van der Waals surface area contributed by atoms with Gasteiger partial charge in [0.25, 0.3) is 11.6 Å². The van der Waals surface area contributed by atoms with Crippen LogP contribution in [-0.4, -0.2) is 35.3 Å². The van der Waals surface area contributed by atoms with Crippen molar-refractivity contribution < 1.29 is 24.0 Å². The standard InChI is InChI=1S/C13H13N3O6/c17-11-6-5-10(13(19)15-11)14-12(18)7-22-9-3-1-8(2-4-9)16(20)21/h1-4,10H,5-7H2,(H,14,18)(H,15,17,19). The van der Waals surface area contributed by atoms with Gasteiger partial charge in [-0.25, -0.2) is 0 Å². The zero-order valence-corrected chi connectivity index (χ0v) is 11.4. The molecule has 1 fully saturated rings. The summed E-state index contributed by atoms with van der Waals surface area (Å²) in [6, 6.07) is 4.50. The van der Waals surface area contributed by atoms with E-state index in [1.165, 1.54) is 24.3 Å². The number of hydrogen-bond acceptors (Lipinski definition) is 6. The van der Waals surface area contributed by atoms with E-state index in [0.717, 1.165) is 0 Å². The summed E-state index contributed by atoms with van der Waals surface area (Å²) in [4.78, 5) is 44.1. The Labute approximate surface area is 124 Å². The number of rotatable bonds is 5. The van der Waals surface area contributed by atoms with E-state index in [1.54, 1.807) is 0 Å². The molecular formula is C13H13N3O6. The van der Waals surface area contributed by atoms with Crippen molar-refractivity contribution in [2.45, 2.75) is 18.9 Å². The van der Waals surface area contributed by atoms with Gasteiger partial charge in [-0.05, 0) is 18.6 Å². The van der Waals surface area contributed by atoms with Gasteiger partial charge in [-0.1, -0.05) is 0 Å². The molecule has 2 rings (SSSR count). The number of nitrogens with zero attached hydrogens (tertiary/aromatic N) is 1. The van der Waals surface area contributed by atoms with Gasteiger partial charge in [-0.3, -0.25) is 29.8 Å². The molecule has 0 aliphatic carbocycles. The first kappa shape index (κ1) is 15.4. The number of imide groups is 1. The Morgan fingerprint density at radius 2 is 2.05 bits per heavy atom. The van der Waals surface area contributed by atoms with Gasteiger partial charge in [0.05, 0.1) is 4.92 Å². The van der Waals surface area contributed by atoms with Gasteiger partial charge in [-0.15, -0.1) is 0 Å². The predicted molar refractivity (Wildman–Crippen MR) is 72.9 cm³/mol. The first-order valence-corrected chi connectivity index (χ1v) is 6.46. The van der Waals surface area contributed by atoms with Crippen LogP contribution in [0.3, 0.4) is 0 Å². The Hall–Kier alpha value is -2.97. The molecule has 1 aromatic carbocycles. The largest absolute Gasteiger partial charge is 0.484 e. The molecule has 1 atom stereocenters. The lowest BCUT2D eigenvalue weighted by atomic mass is 10.1. The molecule has 1 unspecified atom stereocenters. The van der Waals surface area contributed by atoms with E-state index in [9.17, 15) is 24.5 Å². The highest BCUT2D eigenvalue weighted by atomic mass is 16.6. The van der Waals surface area contributed by atoms with Crippen molar-refractivity contribution in [3.63, 3.8) is 0 Å². The summed E-state index contributed by atoms with van der Waals surface area (Å²) in [7, 11) is 0. The molecule has 3 amide bonds. The highest BCUT2D eigenvalue weighted by molar-refractivity contribution is 6.01. The fraction of sp³-hybridized carbons (Fsp3) is 0.308. The lowest BCUT2D eigenvalue weighted by molar-refractivity contribution is -0.384. The number of benzene rings is 1. The van der Waals surface area contributed by atoms with Crippen molar-refractivity contribution in [3.05, 3.63) is 34.4 Å². The molecule has 116 valence electrons. The first-order valence-electron chi connectivity index (χ1n) is 6.46. The SMILES string of the molecule is O=C1CCC(NC(=O)COc2ccc([N+](=O)[O-])cc2)C(=O)N1. The van der Waals surface area contributed by atoms with Gasteiger partial charge < -0.3 is 10.1 Å². The molecular weight excluding hydrogens is 294 g/mol.